The van der Waals surface area contributed by atoms with Crippen LogP contribution in [0, 0.1) is 11.3 Å². The summed E-state index contributed by atoms with van der Waals surface area (Å²) in [6.45, 7) is 0. The van der Waals surface area contributed by atoms with Gasteiger partial charge in [-0.1, -0.05) is 11.6 Å². The maximum atomic E-state index is 9.04. The Morgan fingerprint density at radius 1 is 1.26 bits per heavy atom. The van der Waals surface area contributed by atoms with Crippen molar-refractivity contribution in [1.29, 1.82) is 5.26 Å². The smallest absolute Gasteiger partial charge is 0.145 e. The van der Waals surface area contributed by atoms with Crippen molar-refractivity contribution in [2.24, 2.45) is 0 Å². The van der Waals surface area contributed by atoms with E-state index >= 15 is 0 Å². The molecule has 96 valence electrons. The number of rotatable bonds is 3. The van der Waals surface area contributed by atoms with Crippen molar-refractivity contribution >= 4 is 29.1 Å². The van der Waals surface area contributed by atoms with Gasteiger partial charge in [-0.25, -0.2) is 0 Å². The highest BCUT2D eigenvalue weighted by atomic mass is 35.5. The molecular weight excluding hydrogens is 280 g/mol. The normalized spacial score (nSPS) is 9.95. The minimum absolute atomic E-state index is 0.394. The predicted octanol–water partition coefficient (Wildman–Crippen LogP) is 4.31. The first-order valence-corrected chi connectivity index (χ1v) is 7.05. The second kappa shape index (κ2) is 5.87. The third kappa shape index (κ3) is 3.14. The monoisotopic (exact) mass is 290 g/mol. The van der Waals surface area contributed by atoms with Crippen LogP contribution in [0.15, 0.2) is 41.3 Å². The molecule has 0 unspecified atom stereocenters. The molecule has 0 atom stereocenters. The third-order valence-corrected chi connectivity index (χ3v) is 3.70. The van der Waals surface area contributed by atoms with E-state index in [0.717, 1.165) is 4.90 Å². The minimum Gasteiger partial charge on any atom is -0.456 e. The first-order valence-electron chi connectivity index (χ1n) is 5.45. The third-order valence-electron chi connectivity index (χ3n) is 2.48. The van der Waals surface area contributed by atoms with Crippen molar-refractivity contribution in [3.8, 4) is 17.6 Å². The summed E-state index contributed by atoms with van der Waals surface area (Å²) < 4.78 is 5.66. The lowest BCUT2D eigenvalue weighted by atomic mass is 10.2. The van der Waals surface area contributed by atoms with E-state index in [1.807, 2.05) is 18.4 Å². The summed E-state index contributed by atoms with van der Waals surface area (Å²) in [5.74, 6) is 1.05. The quantitative estimate of drug-likeness (QED) is 0.676. The molecule has 5 heteroatoms. The van der Waals surface area contributed by atoms with E-state index in [-0.39, 0.29) is 0 Å². The lowest BCUT2D eigenvalue weighted by Crippen LogP contribution is -1.91. The van der Waals surface area contributed by atoms with E-state index in [4.69, 9.17) is 27.3 Å². The van der Waals surface area contributed by atoms with E-state index in [2.05, 4.69) is 6.07 Å². The zero-order valence-electron chi connectivity index (χ0n) is 10.2. The van der Waals surface area contributed by atoms with Gasteiger partial charge in [0.25, 0.3) is 0 Å². The van der Waals surface area contributed by atoms with Crippen molar-refractivity contribution in [2.45, 2.75) is 4.90 Å². The Balaban J connectivity index is 2.31. The van der Waals surface area contributed by atoms with Crippen LogP contribution in [0.5, 0.6) is 11.5 Å². The topological polar surface area (TPSA) is 59.0 Å². The molecule has 0 bridgehead atoms. The Morgan fingerprint density at radius 2 is 2.05 bits per heavy atom. The number of nitriles is 1. The van der Waals surface area contributed by atoms with Crippen LogP contribution in [0.2, 0.25) is 5.02 Å². The van der Waals surface area contributed by atoms with E-state index in [0.29, 0.717) is 27.8 Å². The summed E-state index contributed by atoms with van der Waals surface area (Å²) in [4.78, 5) is 0.979. The zero-order valence-corrected chi connectivity index (χ0v) is 11.8. The van der Waals surface area contributed by atoms with Crippen molar-refractivity contribution < 1.29 is 4.74 Å². The molecule has 0 aliphatic heterocycles. The standard InChI is InChI=1S/C14H11ClN2OS/c1-19-14-5-3-11(7-12(14)15)18-13-4-2-10(17)6-9(13)8-16/h2-7H,17H2,1H3. The number of anilines is 1. The van der Waals surface area contributed by atoms with Crippen LogP contribution in [0.4, 0.5) is 5.69 Å². The molecule has 0 aromatic heterocycles. The fourth-order valence-corrected chi connectivity index (χ4v) is 2.42. The summed E-state index contributed by atoms with van der Waals surface area (Å²) in [7, 11) is 0. The summed E-state index contributed by atoms with van der Waals surface area (Å²) in [6, 6.07) is 12.4. The number of nitrogen functional groups attached to an aromatic ring is 1. The van der Waals surface area contributed by atoms with Gasteiger partial charge in [-0.05, 0) is 36.6 Å². The van der Waals surface area contributed by atoms with Gasteiger partial charge in [0.1, 0.15) is 17.6 Å². The Labute approximate surface area is 120 Å². The van der Waals surface area contributed by atoms with E-state index in [1.54, 1.807) is 36.0 Å². The molecule has 2 aromatic rings. The molecule has 0 fully saturated rings. The Hall–Kier alpha value is -1.83. The zero-order chi connectivity index (χ0) is 13.8. The van der Waals surface area contributed by atoms with E-state index in [9.17, 15) is 0 Å². The van der Waals surface area contributed by atoms with Gasteiger partial charge in [0.05, 0.1) is 10.6 Å². The van der Waals surface area contributed by atoms with Crippen LogP contribution in [0.25, 0.3) is 0 Å². The fourth-order valence-electron chi connectivity index (χ4n) is 1.56. The van der Waals surface area contributed by atoms with Crippen LogP contribution >= 0.6 is 23.4 Å². The molecule has 2 rings (SSSR count). The molecule has 0 spiro atoms. The molecule has 2 N–H and O–H groups in total. The number of hydrogen-bond acceptors (Lipinski definition) is 4. The van der Waals surface area contributed by atoms with Gasteiger partial charge in [0, 0.05) is 16.6 Å². The van der Waals surface area contributed by atoms with Gasteiger partial charge in [0.2, 0.25) is 0 Å². The number of nitrogens with zero attached hydrogens (tertiary/aromatic N) is 1. The molecule has 0 radical (unpaired) electrons. The van der Waals surface area contributed by atoms with Gasteiger partial charge < -0.3 is 10.5 Å². The first kappa shape index (κ1) is 13.6. The molecule has 3 nitrogen and oxygen atoms in total. The van der Waals surface area contributed by atoms with Crippen LogP contribution in [-0.4, -0.2) is 6.26 Å². The molecule has 0 aliphatic carbocycles. The summed E-state index contributed by atoms with van der Waals surface area (Å²) in [6.07, 6.45) is 1.95. The van der Waals surface area contributed by atoms with Gasteiger partial charge in [0.15, 0.2) is 0 Å². The van der Waals surface area contributed by atoms with Gasteiger partial charge in [-0.15, -0.1) is 11.8 Å². The Bertz CT molecular complexity index is 652. The molecule has 19 heavy (non-hydrogen) atoms. The molecular formula is C14H11ClN2OS. The number of ether oxygens (including phenoxy) is 1. The first-order chi connectivity index (χ1) is 9.13. The van der Waals surface area contributed by atoms with Crippen molar-refractivity contribution in [2.75, 3.05) is 12.0 Å². The van der Waals surface area contributed by atoms with Crippen molar-refractivity contribution in [3.05, 3.63) is 47.0 Å². The average molecular weight is 291 g/mol. The Morgan fingerprint density at radius 3 is 2.68 bits per heavy atom. The number of halogens is 1. The highest BCUT2D eigenvalue weighted by molar-refractivity contribution is 7.98. The summed E-state index contributed by atoms with van der Waals surface area (Å²) >= 11 is 7.67. The van der Waals surface area contributed by atoms with Crippen LogP contribution < -0.4 is 10.5 Å². The van der Waals surface area contributed by atoms with Crippen molar-refractivity contribution in [1.82, 2.24) is 0 Å². The van der Waals surface area contributed by atoms with Gasteiger partial charge in [-0.3, -0.25) is 0 Å². The maximum Gasteiger partial charge on any atom is 0.145 e. The molecule has 2 aromatic carbocycles. The minimum atomic E-state index is 0.394. The number of hydrogen-bond donors (Lipinski definition) is 1. The fraction of sp³-hybridized carbons (Fsp3) is 0.0714. The summed E-state index contributed by atoms with van der Waals surface area (Å²) in [5, 5.41) is 9.67. The van der Waals surface area contributed by atoms with Crippen LogP contribution in [0.3, 0.4) is 0 Å². The molecule has 0 aliphatic rings. The maximum absolute atomic E-state index is 9.04. The SMILES string of the molecule is CSc1ccc(Oc2ccc(N)cc2C#N)cc1Cl. The van der Waals surface area contributed by atoms with Crippen LogP contribution in [0.1, 0.15) is 5.56 Å². The molecule has 0 amide bonds. The lowest BCUT2D eigenvalue weighted by molar-refractivity contribution is 0.481. The summed E-state index contributed by atoms with van der Waals surface area (Å²) in [5.41, 5.74) is 6.55. The van der Waals surface area contributed by atoms with Crippen molar-refractivity contribution in [3.63, 3.8) is 0 Å². The van der Waals surface area contributed by atoms with Gasteiger partial charge in [-0.2, -0.15) is 5.26 Å². The number of benzene rings is 2. The van der Waals surface area contributed by atoms with E-state index < -0.39 is 0 Å². The lowest BCUT2D eigenvalue weighted by Gasteiger charge is -2.09. The largest absolute Gasteiger partial charge is 0.456 e. The molecule has 0 saturated carbocycles. The van der Waals surface area contributed by atoms with Crippen LogP contribution in [-0.2, 0) is 0 Å². The highest BCUT2D eigenvalue weighted by Crippen LogP contribution is 2.32. The second-order valence-corrected chi connectivity index (χ2v) is 5.02. The highest BCUT2D eigenvalue weighted by Gasteiger charge is 2.07. The predicted molar refractivity (Wildman–Crippen MR) is 78.9 cm³/mol. The molecule has 0 saturated heterocycles. The number of nitrogens with two attached hydrogens (primary N) is 1. The van der Waals surface area contributed by atoms with E-state index in [1.165, 1.54) is 0 Å². The van der Waals surface area contributed by atoms with Gasteiger partial charge >= 0.3 is 0 Å². The second-order valence-electron chi connectivity index (χ2n) is 3.77. The Kier molecular flexibility index (Phi) is 4.20. The molecule has 0 heterocycles. The average Bonchev–Trinajstić information content (AvgIpc) is 2.41. The number of thioether (sulfide) groups is 1.